The predicted molar refractivity (Wildman–Crippen MR) is 68.0 cm³/mol. The van der Waals surface area contributed by atoms with Crippen molar-refractivity contribution in [2.24, 2.45) is 5.73 Å². The van der Waals surface area contributed by atoms with E-state index < -0.39 is 0 Å². The summed E-state index contributed by atoms with van der Waals surface area (Å²) in [5, 5.41) is 10.2. The minimum atomic E-state index is -0.381. The summed E-state index contributed by atoms with van der Waals surface area (Å²) >= 11 is 0. The molecule has 0 fully saturated rings. The van der Waals surface area contributed by atoms with E-state index in [-0.39, 0.29) is 5.54 Å². The predicted octanol–water partition coefficient (Wildman–Crippen LogP) is 2.05. The second-order valence-corrected chi connectivity index (χ2v) is 4.91. The number of benzene rings is 1. The Hall–Kier alpha value is -1.68. The molecule has 0 saturated carbocycles. The Morgan fingerprint density at radius 2 is 1.82 bits per heavy atom. The molecular weight excluding hydrogens is 214 g/mol. The lowest BCUT2D eigenvalue weighted by molar-refractivity contribution is 0.236. The molecule has 0 bridgehead atoms. The van der Waals surface area contributed by atoms with Gasteiger partial charge in [0.2, 0.25) is 5.88 Å². The fourth-order valence-corrected chi connectivity index (χ4v) is 1.57. The number of hydrogen-bond donors (Lipinski definition) is 1. The van der Waals surface area contributed by atoms with Gasteiger partial charge in [-0.2, -0.15) is 5.10 Å². The van der Waals surface area contributed by atoms with Crippen molar-refractivity contribution in [3.05, 3.63) is 30.0 Å². The van der Waals surface area contributed by atoms with Crippen molar-refractivity contribution in [2.75, 3.05) is 6.61 Å². The molecule has 1 aromatic carbocycles. The van der Waals surface area contributed by atoms with Crippen LogP contribution in [0.4, 0.5) is 0 Å². The van der Waals surface area contributed by atoms with E-state index >= 15 is 0 Å². The fraction of sp³-hybridized carbons (Fsp3) is 0.385. The largest absolute Gasteiger partial charge is 0.474 e. The van der Waals surface area contributed by atoms with Crippen molar-refractivity contribution in [3.63, 3.8) is 0 Å². The number of hydrogen-bond acceptors (Lipinski definition) is 4. The molecule has 0 amide bonds. The summed E-state index contributed by atoms with van der Waals surface area (Å²) in [5.74, 6) is 0.546. The third kappa shape index (κ3) is 2.71. The van der Waals surface area contributed by atoms with Gasteiger partial charge in [0, 0.05) is 16.3 Å². The highest BCUT2D eigenvalue weighted by Gasteiger charge is 2.14. The summed E-state index contributed by atoms with van der Waals surface area (Å²) in [5.41, 5.74) is 6.41. The van der Waals surface area contributed by atoms with Gasteiger partial charge in [0.1, 0.15) is 6.61 Å². The molecule has 0 aliphatic rings. The second kappa shape index (κ2) is 4.30. The van der Waals surface area contributed by atoms with Crippen LogP contribution in [0.25, 0.3) is 10.8 Å². The summed E-state index contributed by atoms with van der Waals surface area (Å²) in [6.07, 6.45) is 0. The van der Waals surface area contributed by atoms with Crippen LogP contribution in [-0.2, 0) is 0 Å². The maximum Gasteiger partial charge on any atom is 0.241 e. The quantitative estimate of drug-likeness (QED) is 0.878. The third-order valence-electron chi connectivity index (χ3n) is 2.42. The molecule has 2 rings (SSSR count). The Morgan fingerprint density at radius 3 is 2.47 bits per heavy atom. The van der Waals surface area contributed by atoms with E-state index in [2.05, 4.69) is 10.2 Å². The van der Waals surface area contributed by atoms with Crippen molar-refractivity contribution in [1.29, 1.82) is 0 Å². The average Bonchev–Trinajstić information content (AvgIpc) is 2.27. The first-order chi connectivity index (χ1) is 7.97. The minimum absolute atomic E-state index is 0.381. The van der Waals surface area contributed by atoms with Crippen LogP contribution in [0.5, 0.6) is 5.88 Å². The van der Waals surface area contributed by atoms with Gasteiger partial charge in [-0.3, -0.25) is 0 Å². The maximum absolute atomic E-state index is 5.88. The molecule has 0 radical (unpaired) electrons. The van der Waals surface area contributed by atoms with E-state index in [0.717, 1.165) is 16.5 Å². The van der Waals surface area contributed by atoms with E-state index in [1.807, 2.05) is 45.0 Å². The monoisotopic (exact) mass is 231 g/mol. The number of nitrogens with two attached hydrogens (primary N) is 1. The van der Waals surface area contributed by atoms with Crippen LogP contribution in [0.1, 0.15) is 19.5 Å². The van der Waals surface area contributed by atoms with Crippen LogP contribution < -0.4 is 10.5 Å². The molecule has 0 spiro atoms. The molecule has 0 atom stereocenters. The molecule has 1 aromatic heterocycles. The smallest absolute Gasteiger partial charge is 0.241 e. The zero-order valence-electron chi connectivity index (χ0n) is 10.4. The van der Waals surface area contributed by atoms with Gasteiger partial charge in [-0.1, -0.05) is 18.2 Å². The minimum Gasteiger partial charge on any atom is -0.474 e. The molecule has 4 nitrogen and oxygen atoms in total. The Kier molecular flexibility index (Phi) is 2.98. The SMILES string of the molecule is Cc1nnc(OCC(C)(C)N)c2ccccc12. The normalized spacial score (nSPS) is 11.8. The summed E-state index contributed by atoms with van der Waals surface area (Å²) in [4.78, 5) is 0. The van der Waals surface area contributed by atoms with Crippen LogP contribution in [0, 0.1) is 6.92 Å². The Balaban J connectivity index is 2.38. The fourth-order valence-electron chi connectivity index (χ4n) is 1.57. The van der Waals surface area contributed by atoms with Gasteiger partial charge in [0.25, 0.3) is 0 Å². The van der Waals surface area contributed by atoms with Crippen LogP contribution in [-0.4, -0.2) is 22.3 Å². The number of fused-ring (bicyclic) bond motifs is 1. The van der Waals surface area contributed by atoms with E-state index in [0.29, 0.717) is 12.5 Å². The van der Waals surface area contributed by atoms with Crippen LogP contribution in [0.15, 0.2) is 24.3 Å². The highest BCUT2D eigenvalue weighted by molar-refractivity contribution is 5.88. The van der Waals surface area contributed by atoms with E-state index in [1.165, 1.54) is 0 Å². The van der Waals surface area contributed by atoms with E-state index in [1.54, 1.807) is 0 Å². The van der Waals surface area contributed by atoms with Gasteiger partial charge in [-0.25, -0.2) is 0 Å². The molecule has 4 heteroatoms. The van der Waals surface area contributed by atoms with Gasteiger partial charge >= 0.3 is 0 Å². The summed E-state index contributed by atoms with van der Waals surface area (Å²) in [7, 11) is 0. The molecule has 1 heterocycles. The lowest BCUT2D eigenvalue weighted by atomic mass is 10.1. The number of nitrogens with zero attached hydrogens (tertiary/aromatic N) is 2. The Labute approximate surface area is 101 Å². The standard InChI is InChI=1S/C13H17N3O/c1-9-10-6-4-5-7-11(10)12(16-15-9)17-8-13(2,3)14/h4-7H,8,14H2,1-3H3. The van der Waals surface area contributed by atoms with E-state index in [4.69, 9.17) is 10.5 Å². The van der Waals surface area contributed by atoms with Crippen LogP contribution in [0.2, 0.25) is 0 Å². The summed E-state index contributed by atoms with van der Waals surface area (Å²) in [6.45, 7) is 6.17. The topological polar surface area (TPSA) is 61.0 Å². The number of aromatic nitrogens is 2. The summed E-state index contributed by atoms with van der Waals surface area (Å²) in [6, 6.07) is 7.94. The van der Waals surface area contributed by atoms with Gasteiger partial charge in [0.05, 0.1) is 5.69 Å². The van der Waals surface area contributed by atoms with Crippen molar-refractivity contribution >= 4 is 10.8 Å². The van der Waals surface area contributed by atoms with Gasteiger partial charge in [-0.15, -0.1) is 5.10 Å². The molecule has 2 N–H and O–H groups in total. The van der Waals surface area contributed by atoms with Crippen molar-refractivity contribution in [2.45, 2.75) is 26.3 Å². The number of rotatable bonds is 3. The lowest BCUT2D eigenvalue weighted by Crippen LogP contribution is -2.38. The zero-order valence-corrected chi connectivity index (χ0v) is 10.4. The molecule has 0 saturated heterocycles. The molecule has 0 aliphatic carbocycles. The zero-order chi connectivity index (χ0) is 12.5. The molecule has 0 aliphatic heterocycles. The molecule has 0 unspecified atom stereocenters. The van der Waals surface area contributed by atoms with Crippen LogP contribution in [0.3, 0.4) is 0 Å². The maximum atomic E-state index is 5.88. The number of aryl methyl sites for hydroxylation is 1. The van der Waals surface area contributed by atoms with Gasteiger partial charge < -0.3 is 10.5 Å². The number of ether oxygens (including phenoxy) is 1. The highest BCUT2D eigenvalue weighted by Crippen LogP contribution is 2.24. The van der Waals surface area contributed by atoms with Crippen LogP contribution >= 0.6 is 0 Å². The summed E-state index contributed by atoms with van der Waals surface area (Å²) < 4.78 is 5.64. The van der Waals surface area contributed by atoms with Crippen molar-refractivity contribution < 1.29 is 4.74 Å². The second-order valence-electron chi connectivity index (χ2n) is 4.91. The molecule has 90 valence electrons. The average molecular weight is 231 g/mol. The van der Waals surface area contributed by atoms with Gasteiger partial charge in [-0.05, 0) is 26.8 Å². The molecular formula is C13H17N3O. The first-order valence-corrected chi connectivity index (χ1v) is 5.61. The van der Waals surface area contributed by atoms with E-state index in [9.17, 15) is 0 Å². The first-order valence-electron chi connectivity index (χ1n) is 5.61. The lowest BCUT2D eigenvalue weighted by Gasteiger charge is -2.19. The Morgan fingerprint density at radius 1 is 1.18 bits per heavy atom. The van der Waals surface area contributed by atoms with Crippen molar-refractivity contribution in [3.8, 4) is 5.88 Å². The van der Waals surface area contributed by atoms with Crippen molar-refractivity contribution in [1.82, 2.24) is 10.2 Å². The molecule has 17 heavy (non-hydrogen) atoms. The Bertz CT molecular complexity index is 532. The first kappa shape index (κ1) is 11.8. The third-order valence-corrected chi connectivity index (χ3v) is 2.42. The molecule has 2 aromatic rings. The highest BCUT2D eigenvalue weighted by atomic mass is 16.5. The van der Waals surface area contributed by atoms with Gasteiger partial charge in [0.15, 0.2) is 0 Å².